The van der Waals surface area contributed by atoms with E-state index in [-0.39, 0.29) is 23.9 Å². The van der Waals surface area contributed by atoms with Gasteiger partial charge in [0.05, 0.1) is 17.3 Å². The maximum atomic E-state index is 12.8. The molecule has 1 N–H and O–H groups in total. The van der Waals surface area contributed by atoms with E-state index in [0.717, 1.165) is 5.56 Å². The minimum absolute atomic E-state index is 0.0617. The summed E-state index contributed by atoms with van der Waals surface area (Å²) in [5.74, 6) is 0.241. The van der Waals surface area contributed by atoms with Gasteiger partial charge in [0.25, 0.3) is 5.91 Å². The number of hydrogen-bond acceptors (Lipinski definition) is 5. The molecule has 0 aliphatic carbocycles. The number of furan rings is 1. The highest BCUT2D eigenvalue weighted by Crippen LogP contribution is 2.29. The lowest BCUT2D eigenvalue weighted by molar-refractivity contribution is 0.0760. The van der Waals surface area contributed by atoms with Crippen LogP contribution in [0.2, 0.25) is 0 Å². The van der Waals surface area contributed by atoms with Crippen LogP contribution in [0.3, 0.4) is 0 Å². The number of carbonyl (C=O) groups excluding carboxylic acids is 1. The highest BCUT2D eigenvalue weighted by atomic mass is 32.2. The molecule has 27 heavy (non-hydrogen) atoms. The molecule has 140 valence electrons. The molecule has 0 saturated carbocycles. The van der Waals surface area contributed by atoms with E-state index in [9.17, 15) is 13.2 Å². The number of nitrogens with one attached hydrogen (secondary N) is 1. The van der Waals surface area contributed by atoms with Gasteiger partial charge >= 0.3 is 0 Å². The number of sulfone groups is 1. The molecule has 8 heteroatoms. The van der Waals surface area contributed by atoms with Gasteiger partial charge in [0.1, 0.15) is 5.69 Å². The van der Waals surface area contributed by atoms with Crippen molar-refractivity contribution < 1.29 is 17.6 Å². The maximum Gasteiger partial charge on any atom is 0.274 e. The van der Waals surface area contributed by atoms with E-state index in [1.54, 1.807) is 29.4 Å². The van der Waals surface area contributed by atoms with Gasteiger partial charge in [0.15, 0.2) is 21.3 Å². The molecule has 0 radical (unpaired) electrons. The summed E-state index contributed by atoms with van der Waals surface area (Å²) in [4.78, 5) is 14.4. The van der Waals surface area contributed by atoms with Gasteiger partial charge in [-0.3, -0.25) is 9.89 Å². The molecular formula is C19H19N3O4S. The second-order valence-corrected chi connectivity index (χ2v) is 8.79. The van der Waals surface area contributed by atoms with Crippen LogP contribution >= 0.6 is 0 Å². The molecule has 3 aromatic rings. The fraction of sp³-hybridized carbons (Fsp3) is 0.263. The standard InChI is InChI=1S/C19H19N3O4S/c23-19(16-13-15(20-21-16)17-7-4-11-26-17)22-9-8-18(27(24,25)12-10-22)14-5-2-1-3-6-14/h1-7,11,13,18H,8-10,12H2,(H,20,21). The summed E-state index contributed by atoms with van der Waals surface area (Å²) in [6, 6.07) is 14.3. The zero-order valence-corrected chi connectivity index (χ0v) is 15.4. The van der Waals surface area contributed by atoms with E-state index in [1.165, 1.54) is 0 Å². The first-order chi connectivity index (χ1) is 13.0. The SMILES string of the molecule is O=C(c1cc(-c2ccco2)[nH]n1)N1CCC(c2ccccc2)S(=O)(=O)CC1. The van der Waals surface area contributed by atoms with Crippen molar-refractivity contribution in [2.24, 2.45) is 0 Å². The second-order valence-electron chi connectivity index (χ2n) is 6.49. The van der Waals surface area contributed by atoms with Gasteiger partial charge in [-0.15, -0.1) is 0 Å². The molecule has 1 fully saturated rings. The molecule has 1 atom stereocenters. The van der Waals surface area contributed by atoms with Crippen molar-refractivity contribution in [2.75, 3.05) is 18.8 Å². The van der Waals surface area contributed by atoms with E-state index < -0.39 is 15.1 Å². The predicted molar refractivity (Wildman–Crippen MR) is 99.8 cm³/mol. The number of amides is 1. The number of rotatable bonds is 3. The molecule has 0 bridgehead atoms. The van der Waals surface area contributed by atoms with Gasteiger partial charge in [0, 0.05) is 19.2 Å². The smallest absolute Gasteiger partial charge is 0.274 e. The topological polar surface area (TPSA) is 96.3 Å². The molecular weight excluding hydrogens is 366 g/mol. The Hall–Kier alpha value is -2.87. The van der Waals surface area contributed by atoms with Crippen molar-refractivity contribution >= 4 is 15.7 Å². The Morgan fingerprint density at radius 3 is 2.70 bits per heavy atom. The molecule has 1 amide bonds. The number of hydrogen-bond donors (Lipinski definition) is 1. The average Bonchev–Trinajstić information content (AvgIpc) is 3.33. The lowest BCUT2D eigenvalue weighted by Crippen LogP contribution is -2.33. The molecule has 2 aromatic heterocycles. The monoisotopic (exact) mass is 385 g/mol. The summed E-state index contributed by atoms with van der Waals surface area (Å²) in [5, 5.41) is 6.26. The van der Waals surface area contributed by atoms with Crippen LogP contribution in [0.15, 0.2) is 59.2 Å². The van der Waals surface area contributed by atoms with Crippen LogP contribution in [0.5, 0.6) is 0 Å². The third kappa shape index (κ3) is 3.52. The minimum atomic E-state index is -3.33. The van der Waals surface area contributed by atoms with Crippen LogP contribution in [-0.2, 0) is 9.84 Å². The van der Waals surface area contributed by atoms with Gasteiger partial charge in [0.2, 0.25) is 0 Å². The number of benzene rings is 1. The van der Waals surface area contributed by atoms with Crippen LogP contribution in [0.1, 0.15) is 27.7 Å². The zero-order chi connectivity index (χ0) is 18.9. The molecule has 1 unspecified atom stereocenters. The van der Waals surface area contributed by atoms with Crippen molar-refractivity contribution in [3.8, 4) is 11.5 Å². The van der Waals surface area contributed by atoms with Gasteiger partial charge in [-0.25, -0.2) is 8.42 Å². The summed E-state index contributed by atoms with van der Waals surface area (Å²) in [5.41, 5.74) is 1.62. The minimum Gasteiger partial charge on any atom is -0.463 e. The third-order valence-electron chi connectivity index (χ3n) is 4.78. The van der Waals surface area contributed by atoms with Gasteiger partial charge < -0.3 is 9.32 Å². The van der Waals surface area contributed by atoms with E-state index in [1.807, 2.05) is 30.3 Å². The fourth-order valence-corrected chi connectivity index (χ4v) is 5.14. The summed E-state index contributed by atoms with van der Waals surface area (Å²) >= 11 is 0. The van der Waals surface area contributed by atoms with Crippen LogP contribution in [0.4, 0.5) is 0 Å². The lowest BCUT2D eigenvalue weighted by Gasteiger charge is -2.18. The summed E-state index contributed by atoms with van der Waals surface area (Å²) in [7, 11) is -3.33. The highest BCUT2D eigenvalue weighted by Gasteiger charge is 2.33. The zero-order valence-electron chi connectivity index (χ0n) is 14.5. The van der Waals surface area contributed by atoms with E-state index in [2.05, 4.69) is 10.2 Å². The first-order valence-electron chi connectivity index (χ1n) is 8.70. The van der Waals surface area contributed by atoms with E-state index >= 15 is 0 Å². The molecule has 4 rings (SSSR count). The van der Waals surface area contributed by atoms with Gasteiger partial charge in [-0.05, 0) is 24.1 Å². The van der Waals surface area contributed by atoms with Crippen molar-refractivity contribution in [1.29, 1.82) is 0 Å². The molecule has 0 spiro atoms. The Balaban J connectivity index is 1.53. The molecule has 3 heterocycles. The number of aromatic nitrogens is 2. The van der Waals surface area contributed by atoms with Crippen molar-refractivity contribution in [3.05, 3.63) is 66.1 Å². The largest absolute Gasteiger partial charge is 0.463 e. The highest BCUT2D eigenvalue weighted by molar-refractivity contribution is 7.91. The van der Waals surface area contributed by atoms with Crippen molar-refractivity contribution in [1.82, 2.24) is 15.1 Å². The molecule has 1 aliphatic rings. The first-order valence-corrected chi connectivity index (χ1v) is 10.4. The second kappa shape index (κ2) is 7.03. The Morgan fingerprint density at radius 1 is 1.15 bits per heavy atom. The fourth-order valence-electron chi connectivity index (χ4n) is 3.34. The summed E-state index contributed by atoms with van der Waals surface area (Å²) < 4.78 is 30.7. The number of carbonyl (C=O) groups is 1. The Morgan fingerprint density at radius 2 is 1.96 bits per heavy atom. The maximum absolute atomic E-state index is 12.8. The van der Waals surface area contributed by atoms with Crippen molar-refractivity contribution in [2.45, 2.75) is 11.7 Å². The third-order valence-corrected chi connectivity index (χ3v) is 6.91. The lowest BCUT2D eigenvalue weighted by atomic mass is 10.1. The van der Waals surface area contributed by atoms with Crippen LogP contribution in [-0.4, -0.2) is 48.3 Å². The Kier molecular flexibility index (Phi) is 4.57. The number of aromatic amines is 1. The summed E-state index contributed by atoms with van der Waals surface area (Å²) in [6.45, 7) is 0.522. The number of H-pyrrole nitrogens is 1. The van der Waals surface area contributed by atoms with Crippen LogP contribution < -0.4 is 0 Å². The normalized spacial score (nSPS) is 19.6. The predicted octanol–water partition coefficient (Wildman–Crippen LogP) is 2.67. The number of nitrogens with zero attached hydrogens (tertiary/aromatic N) is 2. The Bertz CT molecular complexity index is 1030. The van der Waals surface area contributed by atoms with Crippen LogP contribution in [0.25, 0.3) is 11.5 Å². The molecule has 1 saturated heterocycles. The first kappa shape index (κ1) is 17.5. The van der Waals surface area contributed by atoms with Gasteiger partial charge in [-0.2, -0.15) is 5.10 Å². The molecule has 7 nitrogen and oxygen atoms in total. The molecule has 1 aliphatic heterocycles. The quantitative estimate of drug-likeness (QED) is 0.748. The Labute approximate surface area is 156 Å². The average molecular weight is 385 g/mol. The summed E-state index contributed by atoms with van der Waals surface area (Å²) in [6.07, 6.45) is 1.91. The van der Waals surface area contributed by atoms with Gasteiger partial charge in [-0.1, -0.05) is 30.3 Å². The molecule has 1 aromatic carbocycles. The van der Waals surface area contributed by atoms with Crippen LogP contribution in [0, 0.1) is 0 Å². The van der Waals surface area contributed by atoms with Crippen molar-refractivity contribution in [3.63, 3.8) is 0 Å². The van der Waals surface area contributed by atoms with E-state index in [4.69, 9.17) is 4.42 Å². The van der Waals surface area contributed by atoms with E-state index in [0.29, 0.717) is 24.4 Å².